The first-order valence-corrected chi connectivity index (χ1v) is 6.83. The quantitative estimate of drug-likeness (QED) is 0.835. The topological polar surface area (TPSA) is 81.1 Å². The van der Waals surface area contributed by atoms with Crippen molar-refractivity contribution in [2.45, 2.75) is 18.9 Å². The number of amides is 1. The van der Waals surface area contributed by atoms with Crippen LogP contribution in [0.4, 0.5) is 0 Å². The summed E-state index contributed by atoms with van der Waals surface area (Å²) in [6, 6.07) is 3.76. The lowest BCUT2D eigenvalue weighted by Crippen LogP contribution is -2.45. The van der Waals surface area contributed by atoms with Crippen LogP contribution in [0.2, 0.25) is 0 Å². The second-order valence-corrected chi connectivity index (χ2v) is 4.74. The smallest absolute Gasteiger partial charge is 0.316 e. The van der Waals surface area contributed by atoms with Gasteiger partial charge in [0.25, 0.3) is 5.91 Å². The number of nitrogens with zero attached hydrogens (tertiary/aromatic N) is 5. The number of carbonyl (C=O) groups is 1. The summed E-state index contributed by atoms with van der Waals surface area (Å²) in [6.45, 7) is 1.18. The molecule has 3 heterocycles. The molecule has 1 atom stereocenters. The molecule has 1 aliphatic heterocycles. The van der Waals surface area contributed by atoms with Crippen molar-refractivity contribution in [3.8, 4) is 6.01 Å². The molecule has 0 N–H and O–H groups in total. The summed E-state index contributed by atoms with van der Waals surface area (Å²) in [6.07, 6.45) is 8.03. The number of aromatic nitrogens is 4. The molecule has 2 aromatic rings. The number of ether oxygens (including phenoxy) is 1. The Bertz CT molecular complexity index is 593. The van der Waals surface area contributed by atoms with Gasteiger partial charge in [-0.1, -0.05) is 0 Å². The van der Waals surface area contributed by atoms with Gasteiger partial charge in [-0.2, -0.15) is 0 Å². The van der Waals surface area contributed by atoms with E-state index >= 15 is 0 Å². The molecule has 7 nitrogen and oxygen atoms in total. The number of piperidine rings is 1. The molecule has 21 heavy (non-hydrogen) atoms. The van der Waals surface area contributed by atoms with Crippen LogP contribution in [0.5, 0.6) is 6.01 Å². The van der Waals surface area contributed by atoms with E-state index in [-0.39, 0.29) is 17.8 Å². The van der Waals surface area contributed by atoms with Crippen LogP contribution >= 0.6 is 0 Å². The molecule has 1 saturated heterocycles. The molecule has 0 spiro atoms. The third-order valence-electron chi connectivity index (χ3n) is 3.24. The van der Waals surface area contributed by atoms with Gasteiger partial charge in [-0.15, -0.1) is 0 Å². The lowest BCUT2D eigenvalue weighted by Gasteiger charge is -2.31. The van der Waals surface area contributed by atoms with E-state index in [0.29, 0.717) is 19.1 Å². The summed E-state index contributed by atoms with van der Waals surface area (Å²) in [5.74, 6) is 0.0481. The van der Waals surface area contributed by atoms with Gasteiger partial charge in [-0.05, 0) is 25.0 Å². The van der Waals surface area contributed by atoms with Gasteiger partial charge in [0, 0.05) is 31.3 Å². The van der Waals surface area contributed by atoms with E-state index in [1.54, 1.807) is 41.8 Å². The maximum atomic E-state index is 12.3. The van der Waals surface area contributed by atoms with Crippen molar-refractivity contribution in [1.29, 1.82) is 0 Å². The molecule has 1 aliphatic rings. The highest BCUT2D eigenvalue weighted by Gasteiger charge is 2.27. The number of rotatable bonds is 3. The fourth-order valence-electron chi connectivity index (χ4n) is 2.27. The summed E-state index contributed by atoms with van der Waals surface area (Å²) >= 11 is 0. The van der Waals surface area contributed by atoms with Crippen LogP contribution in [0.15, 0.2) is 36.9 Å². The van der Waals surface area contributed by atoms with E-state index in [4.69, 9.17) is 4.74 Å². The first-order valence-electron chi connectivity index (χ1n) is 6.83. The normalized spacial score (nSPS) is 18.3. The largest absolute Gasteiger partial charge is 0.458 e. The van der Waals surface area contributed by atoms with Crippen LogP contribution < -0.4 is 4.74 Å². The Labute approximate surface area is 122 Å². The van der Waals surface area contributed by atoms with Crippen LogP contribution in [0.1, 0.15) is 23.5 Å². The Morgan fingerprint density at radius 3 is 2.48 bits per heavy atom. The number of likely N-dealkylation sites (tertiary alicyclic amines) is 1. The lowest BCUT2D eigenvalue weighted by molar-refractivity contribution is 0.0505. The summed E-state index contributed by atoms with van der Waals surface area (Å²) in [4.78, 5) is 30.1. The predicted molar refractivity (Wildman–Crippen MR) is 73.6 cm³/mol. The van der Waals surface area contributed by atoms with Crippen LogP contribution in [-0.4, -0.2) is 49.9 Å². The molecular formula is C14H15N5O2. The van der Waals surface area contributed by atoms with E-state index in [2.05, 4.69) is 19.9 Å². The van der Waals surface area contributed by atoms with Crippen LogP contribution in [0, 0.1) is 0 Å². The van der Waals surface area contributed by atoms with Gasteiger partial charge < -0.3 is 9.64 Å². The Morgan fingerprint density at radius 2 is 1.76 bits per heavy atom. The van der Waals surface area contributed by atoms with Gasteiger partial charge in [0.1, 0.15) is 6.10 Å². The highest BCUT2D eigenvalue weighted by atomic mass is 16.5. The fraction of sp³-hybridized carbons (Fsp3) is 0.357. The van der Waals surface area contributed by atoms with E-state index in [1.807, 2.05) is 0 Å². The van der Waals surface area contributed by atoms with Crippen LogP contribution in [-0.2, 0) is 0 Å². The molecule has 0 radical (unpaired) electrons. The Kier molecular flexibility index (Phi) is 3.99. The van der Waals surface area contributed by atoms with E-state index < -0.39 is 0 Å². The zero-order chi connectivity index (χ0) is 14.5. The predicted octanol–water partition coefficient (Wildman–Crippen LogP) is 0.950. The number of carbonyl (C=O) groups excluding carboxylic acids is 1. The molecule has 1 amide bonds. The van der Waals surface area contributed by atoms with Crippen LogP contribution in [0.3, 0.4) is 0 Å². The Morgan fingerprint density at radius 1 is 1.10 bits per heavy atom. The second kappa shape index (κ2) is 6.25. The molecule has 3 rings (SSSR count). The maximum absolute atomic E-state index is 12.3. The molecule has 0 aliphatic carbocycles. The van der Waals surface area contributed by atoms with Crippen LogP contribution in [0.25, 0.3) is 0 Å². The van der Waals surface area contributed by atoms with Crippen molar-refractivity contribution in [2.75, 3.05) is 13.1 Å². The molecule has 1 fully saturated rings. The van der Waals surface area contributed by atoms with Gasteiger partial charge in [0.15, 0.2) is 0 Å². The Hall–Kier alpha value is -2.57. The van der Waals surface area contributed by atoms with Crippen molar-refractivity contribution >= 4 is 5.91 Å². The van der Waals surface area contributed by atoms with Crippen molar-refractivity contribution in [3.63, 3.8) is 0 Å². The zero-order valence-electron chi connectivity index (χ0n) is 11.4. The molecule has 2 aromatic heterocycles. The van der Waals surface area contributed by atoms with Crippen molar-refractivity contribution in [1.82, 2.24) is 24.8 Å². The average Bonchev–Trinajstić information content (AvgIpc) is 2.56. The van der Waals surface area contributed by atoms with Gasteiger partial charge in [0.05, 0.1) is 6.54 Å². The minimum atomic E-state index is -0.169. The third-order valence-corrected chi connectivity index (χ3v) is 3.24. The minimum Gasteiger partial charge on any atom is -0.458 e. The third kappa shape index (κ3) is 3.31. The maximum Gasteiger partial charge on any atom is 0.316 e. The average molecular weight is 285 g/mol. The zero-order valence-corrected chi connectivity index (χ0v) is 11.4. The molecular weight excluding hydrogens is 270 g/mol. The summed E-state index contributed by atoms with van der Waals surface area (Å²) in [5, 5.41) is 0. The summed E-state index contributed by atoms with van der Waals surface area (Å²) in [7, 11) is 0. The first kappa shape index (κ1) is 13.4. The molecule has 0 unspecified atom stereocenters. The Balaban J connectivity index is 1.64. The van der Waals surface area contributed by atoms with Gasteiger partial charge in [-0.3, -0.25) is 4.79 Å². The highest BCUT2D eigenvalue weighted by Crippen LogP contribution is 2.16. The van der Waals surface area contributed by atoms with Crippen molar-refractivity contribution in [2.24, 2.45) is 0 Å². The summed E-state index contributed by atoms with van der Waals surface area (Å²) in [5.41, 5.74) is 0. The van der Waals surface area contributed by atoms with Crippen molar-refractivity contribution < 1.29 is 9.53 Å². The standard InChI is InChI=1S/C14H15N5O2/c20-13(12-15-5-2-6-16-12)19-9-1-4-11(10-19)21-14-17-7-3-8-18-14/h2-3,5-8,11H,1,4,9-10H2/t11-/m0/s1. The molecule has 108 valence electrons. The molecule has 7 heteroatoms. The SMILES string of the molecule is O=C(c1ncccn1)N1CCC[C@H](Oc2ncccn2)C1. The molecule has 0 bridgehead atoms. The lowest BCUT2D eigenvalue weighted by atomic mass is 10.1. The van der Waals surface area contributed by atoms with E-state index in [9.17, 15) is 4.79 Å². The summed E-state index contributed by atoms with van der Waals surface area (Å²) < 4.78 is 5.71. The van der Waals surface area contributed by atoms with Gasteiger partial charge in [0.2, 0.25) is 5.82 Å². The highest BCUT2D eigenvalue weighted by molar-refractivity contribution is 5.90. The second-order valence-electron chi connectivity index (χ2n) is 4.74. The van der Waals surface area contributed by atoms with Gasteiger partial charge in [-0.25, -0.2) is 19.9 Å². The molecule has 0 aromatic carbocycles. The number of hydrogen-bond acceptors (Lipinski definition) is 6. The minimum absolute atomic E-state index is 0.103. The van der Waals surface area contributed by atoms with E-state index in [0.717, 1.165) is 12.8 Å². The molecule has 0 saturated carbocycles. The first-order chi connectivity index (χ1) is 10.3. The monoisotopic (exact) mass is 285 g/mol. The van der Waals surface area contributed by atoms with E-state index in [1.165, 1.54) is 0 Å². The van der Waals surface area contributed by atoms with Gasteiger partial charge >= 0.3 is 6.01 Å². The number of hydrogen-bond donors (Lipinski definition) is 0. The van der Waals surface area contributed by atoms with Crippen molar-refractivity contribution in [3.05, 3.63) is 42.7 Å². The fourth-order valence-corrected chi connectivity index (χ4v) is 2.27.